The summed E-state index contributed by atoms with van der Waals surface area (Å²) in [5.41, 5.74) is 9.21. The van der Waals surface area contributed by atoms with Crippen molar-refractivity contribution in [1.82, 2.24) is 5.32 Å². The second-order valence-electron chi connectivity index (χ2n) is 6.65. The lowest BCUT2D eigenvalue weighted by Crippen LogP contribution is -2.46. The first kappa shape index (κ1) is 16.5. The maximum absolute atomic E-state index is 12.2. The van der Waals surface area contributed by atoms with Gasteiger partial charge in [0.05, 0.1) is 12.6 Å². The molecule has 0 aromatic heterocycles. The van der Waals surface area contributed by atoms with Crippen LogP contribution in [0, 0.1) is 5.92 Å². The third kappa shape index (κ3) is 3.12. The second kappa shape index (κ2) is 6.61. The lowest BCUT2D eigenvalue weighted by atomic mass is 10.0. The Labute approximate surface area is 141 Å². The Hall–Kier alpha value is -2.40. The summed E-state index contributed by atoms with van der Waals surface area (Å²) in [6.07, 6.45) is 2.10. The van der Waals surface area contributed by atoms with Crippen molar-refractivity contribution in [3.63, 3.8) is 0 Å². The molecule has 2 amide bonds. The molecule has 24 heavy (non-hydrogen) atoms. The first-order valence-electron chi connectivity index (χ1n) is 8.34. The van der Waals surface area contributed by atoms with Crippen LogP contribution in [0.2, 0.25) is 0 Å². The van der Waals surface area contributed by atoms with Gasteiger partial charge in [-0.05, 0) is 41.3 Å². The maximum Gasteiger partial charge on any atom is 0.243 e. The van der Waals surface area contributed by atoms with Crippen LogP contribution in [0.25, 0.3) is 10.8 Å². The fourth-order valence-corrected chi connectivity index (χ4v) is 3.14. The van der Waals surface area contributed by atoms with Gasteiger partial charge < -0.3 is 16.4 Å². The molecule has 0 bridgehead atoms. The smallest absolute Gasteiger partial charge is 0.243 e. The number of benzene rings is 2. The predicted molar refractivity (Wildman–Crippen MR) is 95.8 cm³/mol. The summed E-state index contributed by atoms with van der Waals surface area (Å²) in [6.45, 7) is 3.66. The second-order valence-corrected chi connectivity index (χ2v) is 6.65. The zero-order valence-electron chi connectivity index (χ0n) is 14.1. The lowest BCUT2D eigenvalue weighted by Gasteiger charge is -2.15. The molecule has 0 fully saturated rings. The molecule has 4 N–H and O–H groups in total. The summed E-state index contributed by atoms with van der Waals surface area (Å²) in [5.74, 6) is -0.525. The summed E-state index contributed by atoms with van der Waals surface area (Å²) in [4.78, 5) is 24.0. The van der Waals surface area contributed by atoms with Crippen LogP contribution in [0.4, 0.5) is 5.69 Å². The van der Waals surface area contributed by atoms with E-state index < -0.39 is 6.04 Å². The van der Waals surface area contributed by atoms with Crippen molar-refractivity contribution >= 4 is 28.3 Å². The van der Waals surface area contributed by atoms with Crippen molar-refractivity contribution in [2.75, 3.05) is 11.9 Å². The highest BCUT2D eigenvalue weighted by atomic mass is 16.2. The number of rotatable bonds is 5. The zero-order valence-corrected chi connectivity index (χ0v) is 14.1. The molecule has 0 radical (unpaired) electrons. The maximum atomic E-state index is 12.2. The van der Waals surface area contributed by atoms with Gasteiger partial charge in [-0.25, -0.2) is 0 Å². The number of aryl methyl sites for hydroxylation is 2. The Morgan fingerprint density at radius 3 is 2.54 bits per heavy atom. The molecule has 1 aliphatic carbocycles. The minimum atomic E-state index is -0.602. The minimum Gasteiger partial charge on any atom is -0.346 e. The van der Waals surface area contributed by atoms with Crippen molar-refractivity contribution in [2.45, 2.75) is 32.7 Å². The molecule has 3 rings (SSSR count). The van der Waals surface area contributed by atoms with E-state index in [1.165, 1.54) is 16.5 Å². The number of hydrogen-bond donors (Lipinski definition) is 3. The number of nitrogens with one attached hydrogen (secondary N) is 2. The van der Waals surface area contributed by atoms with E-state index in [2.05, 4.69) is 22.8 Å². The van der Waals surface area contributed by atoms with Gasteiger partial charge in [0, 0.05) is 11.1 Å². The van der Waals surface area contributed by atoms with Gasteiger partial charge in [0.1, 0.15) is 0 Å². The molecule has 0 unspecified atom stereocenters. The van der Waals surface area contributed by atoms with Crippen molar-refractivity contribution in [2.24, 2.45) is 11.7 Å². The molecule has 0 saturated heterocycles. The normalized spacial score (nSPS) is 14.0. The van der Waals surface area contributed by atoms with E-state index in [-0.39, 0.29) is 24.3 Å². The van der Waals surface area contributed by atoms with Gasteiger partial charge in [0.2, 0.25) is 11.8 Å². The molecule has 1 aliphatic rings. The van der Waals surface area contributed by atoms with Crippen molar-refractivity contribution < 1.29 is 9.59 Å². The highest BCUT2D eigenvalue weighted by Crippen LogP contribution is 2.34. The summed E-state index contributed by atoms with van der Waals surface area (Å²) < 4.78 is 0. The Morgan fingerprint density at radius 1 is 1.12 bits per heavy atom. The Bertz CT molecular complexity index is 788. The number of amides is 2. The Kier molecular flexibility index (Phi) is 4.53. The number of anilines is 1. The van der Waals surface area contributed by atoms with E-state index in [0.29, 0.717) is 0 Å². The molecule has 0 aliphatic heterocycles. The zero-order chi connectivity index (χ0) is 17.3. The van der Waals surface area contributed by atoms with Gasteiger partial charge in [0.25, 0.3) is 0 Å². The highest BCUT2D eigenvalue weighted by Gasteiger charge is 2.19. The molecule has 0 saturated carbocycles. The molecule has 2 aromatic rings. The lowest BCUT2D eigenvalue weighted by molar-refractivity contribution is -0.125. The summed E-state index contributed by atoms with van der Waals surface area (Å²) >= 11 is 0. The first-order valence-corrected chi connectivity index (χ1v) is 8.34. The minimum absolute atomic E-state index is 0.0320. The quantitative estimate of drug-likeness (QED) is 0.786. The molecule has 126 valence electrons. The topological polar surface area (TPSA) is 84.2 Å². The van der Waals surface area contributed by atoms with E-state index in [9.17, 15) is 9.59 Å². The van der Waals surface area contributed by atoms with Gasteiger partial charge in [-0.15, -0.1) is 0 Å². The largest absolute Gasteiger partial charge is 0.346 e. The van der Waals surface area contributed by atoms with Crippen molar-refractivity contribution in [1.29, 1.82) is 0 Å². The molecule has 5 nitrogen and oxygen atoms in total. The van der Waals surface area contributed by atoms with Crippen LogP contribution >= 0.6 is 0 Å². The van der Waals surface area contributed by atoms with E-state index in [0.717, 1.165) is 23.9 Å². The standard InChI is InChI=1S/C19H23N3O2/c1-11(2)18(20)19(24)21-10-16(23)22-15-9-8-13-7-6-12-4-3-5-14(15)17(12)13/h3-5,8-9,11,18H,6-7,10,20H2,1-2H3,(H,21,24)(H,22,23)/t18-/m0/s1. The molecule has 2 aromatic carbocycles. The van der Waals surface area contributed by atoms with Crippen LogP contribution in [-0.4, -0.2) is 24.4 Å². The van der Waals surface area contributed by atoms with Crippen LogP contribution in [0.15, 0.2) is 30.3 Å². The fraction of sp³-hybridized carbons (Fsp3) is 0.368. The summed E-state index contributed by atoms with van der Waals surface area (Å²) in [7, 11) is 0. The monoisotopic (exact) mass is 325 g/mol. The van der Waals surface area contributed by atoms with Gasteiger partial charge >= 0.3 is 0 Å². The fourth-order valence-electron chi connectivity index (χ4n) is 3.14. The summed E-state index contributed by atoms with van der Waals surface area (Å²) in [5, 5.41) is 7.79. The molecular formula is C19H23N3O2. The molecule has 0 spiro atoms. The van der Waals surface area contributed by atoms with Crippen molar-refractivity contribution in [3.8, 4) is 0 Å². The van der Waals surface area contributed by atoms with E-state index in [4.69, 9.17) is 5.73 Å². The van der Waals surface area contributed by atoms with E-state index >= 15 is 0 Å². The molecule has 1 atom stereocenters. The number of carbonyl (C=O) groups excluding carboxylic acids is 2. The van der Waals surface area contributed by atoms with Crippen molar-refractivity contribution in [3.05, 3.63) is 41.5 Å². The third-order valence-corrected chi connectivity index (χ3v) is 4.60. The van der Waals surface area contributed by atoms with Crippen LogP contribution < -0.4 is 16.4 Å². The van der Waals surface area contributed by atoms with Gasteiger partial charge in [0.15, 0.2) is 0 Å². The highest BCUT2D eigenvalue weighted by molar-refractivity contribution is 6.06. The summed E-state index contributed by atoms with van der Waals surface area (Å²) in [6, 6.07) is 9.59. The van der Waals surface area contributed by atoms with E-state index in [1.54, 1.807) is 0 Å². The number of carbonyl (C=O) groups is 2. The van der Waals surface area contributed by atoms with Crippen LogP contribution in [0.3, 0.4) is 0 Å². The number of hydrogen-bond acceptors (Lipinski definition) is 3. The van der Waals surface area contributed by atoms with Crippen LogP contribution in [0.5, 0.6) is 0 Å². The Morgan fingerprint density at radius 2 is 1.83 bits per heavy atom. The van der Waals surface area contributed by atoms with E-state index in [1.807, 2.05) is 32.0 Å². The molecule has 0 heterocycles. The average Bonchev–Trinajstić information content (AvgIpc) is 2.99. The SMILES string of the molecule is CC(C)[C@H](N)C(=O)NCC(=O)Nc1ccc2c3c(cccc13)CC2. The first-order chi connectivity index (χ1) is 11.5. The average molecular weight is 325 g/mol. The molecular weight excluding hydrogens is 302 g/mol. The Balaban J connectivity index is 1.70. The van der Waals surface area contributed by atoms with Gasteiger partial charge in [-0.3, -0.25) is 9.59 Å². The van der Waals surface area contributed by atoms with Gasteiger partial charge in [-0.1, -0.05) is 38.1 Å². The van der Waals surface area contributed by atoms with Crippen LogP contribution in [-0.2, 0) is 22.4 Å². The van der Waals surface area contributed by atoms with Gasteiger partial charge in [-0.2, -0.15) is 0 Å². The predicted octanol–water partition coefficient (Wildman–Crippen LogP) is 1.98. The number of nitrogens with two attached hydrogens (primary N) is 1. The third-order valence-electron chi connectivity index (χ3n) is 4.60. The van der Waals surface area contributed by atoms with Crippen LogP contribution in [0.1, 0.15) is 25.0 Å². The molecule has 5 heteroatoms.